The molecule has 0 radical (unpaired) electrons. The zero-order valence-corrected chi connectivity index (χ0v) is 10.4. The van der Waals surface area contributed by atoms with Gasteiger partial charge >= 0.3 is 0 Å². The van der Waals surface area contributed by atoms with E-state index in [2.05, 4.69) is 0 Å². The maximum atomic E-state index is 13.1. The second-order valence-corrected chi connectivity index (χ2v) is 6.40. The van der Waals surface area contributed by atoms with Crippen LogP contribution in [0, 0.1) is 5.92 Å². The van der Waals surface area contributed by atoms with Gasteiger partial charge in [0, 0.05) is 5.57 Å². The van der Waals surface area contributed by atoms with Crippen LogP contribution in [-0.2, 0) is 9.59 Å². The van der Waals surface area contributed by atoms with Gasteiger partial charge in [-0.3, -0.25) is 9.59 Å². The molecule has 0 N–H and O–H groups in total. The third-order valence-electron chi connectivity index (χ3n) is 2.68. The summed E-state index contributed by atoms with van der Waals surface area (Å²) >= 11 is 12.3. The van der Waals surface area contributed by atoms with Gasteiger partial charge in [0.05, 0.1) is 5.92 Å². The molecular formula is C9H8Cl2FNO2S. The van der Waals surface area contributed by atoms with Crippen LogP contribution in [0.1, 0.15) is 19.3 Å². The van der Waals surface area contributed by atoms with Crippen molar-refractivity contribution >= 4 is 46.8 Å². The van der Waals surface area contributed by atoms with Crippen molar-refractivity contribution in [2.75, 3.05) is 0 Å². The minimum Gasteiger partial charge on any atom is -0.271 e. The Hall–Kier alpha value is -0.260. The number of thioether (sulfide) groups is 1. The summed E-state index contributed by atoms with van der Waals surface area (Å²) in [6.07, 6.45) is 1.88. The second kappa shape index (κ2) is 4.55. The van der Waals surface area contributed by atoms with E-state index in [4.69, 9.17) is 23.2 Å². The molecule has 0 bridgehead atoms. The number of allylic oxidation sites excluding steroid dienone is 1. The first-order valence-electron chi connectivity index (χ1n) is 4.74. The van der Waals surface area contributed by atoms with Crippen molar-refractivity contribution in [3.05, 3.63) is 10.5 Å². The van der Waals surface area contributed by atoms with Crippen molar-refractivity contribution in [3.8, 4) is 0 Å². The van der Waals surface area contributed by atoms with Gasteiger partial charge in [0.25, 0.3) is 11.8 Å². The van der Waals surface area contributed by atoms with Crippen molar-refractivity contribution in [1.82, 2.24) is 5.12 Å². The Balaban J connectivity index is 2.38. The normalized spacial score (nSPS) is 25.8. The number of nitrogens with zero attached hydrogens (tertiary/aromatic N) is 1. The van der Waals surface area contributed by atoms with Crippen LogP contribution in [0.15, 0.2) is 10.5 Å². The summed E-state index contributed by atoms with van der Waals surface area (Å²) in [5.41, 5.74) is 0.245. The number of rotatable bonds is 2. The monoisotopic (exact) mass is 283 g/mol. The molecule has 3 nitrogen and oxygen atoms in total. The minimum absolute atomic E-state index is 0.245. The molecule has 1 atom stereocenters. The van der Waals surface area contributed by atoms with Gasteiger partial charge in [-0.2, -0.15) is 0 Å². The SMILES string of the molecule is O=C1C2=C(SC(Cl)Cl)CCCC2C(=O)N1F. The summed E-state index contributed by atoms with van der Waals surface area (Å²) in [7, 11) is 0. The zero-order chi connectivity index (χ0) is 11.9. The summed E-state index contributed by atoms with van der Waals surface area (Å²) < 4.78 is 12.4. The summed E-state index contributed by atoms with van der Waals surface area (Å²) in [5, 5.41) is -0.302. The van der Waals surface area contributed by atoms with Crippen LogP contribution >= 0.6 is 35.0 Å². The Morgan fingerprint density at radius 2 is 2.12 bits per heavy atom. The Labute approximate surface area is 106 Å². The van der Waals surface area contributed by atoms with Gasteiger partial charge in [0.2, 0.25) is 0 Å². The molecule has 2 rings (SSSR count). The first kappa shape index (κ1) is 12.2. The Morgan fingerprint density at radius 1 is 1.44 bits per heavy atom. The lowest BCUT2D eigenvalue weighted by molar-refractivity contribution is -0.155. The number of fused-ring (bicyclic) bond motifs is 1. The fourth-order valence-electron chi connectivity index (χ4n) is 2.03. The molecule has 88 valence electrons. The number of carbonyl (C=O) groups excluding carboxylic acids is 2. The highest BCUT2D eigenvalue weighted by Crippen LogP contribution is 2.44. The average molecular weight is 284 g/mol. The largest absolute Gasteiger partial charge is 0.286 e. The number of hydrogen-bond acceptors (Lipinski definition) is 3. The molecule has 0 aromatic rings. The number of amides is 2. The number of halogens is 3. The van der Waals surface area contributed by atoms with Gasteiger partial charge in [-0.1, -0.05) is 39.4 Å². The Morgan fingerprint density at radius 3 is 2.75 bits per heavy atom. The smallest absolute Gasteiger partial charge is 0.271 e. The molecule has 0 spiro atoms. The molecule has 1 aliphatic carbocycles. The molecule has 1 unspecified atom stereocenters. The van der Waals surface area contributed by atoms with Crippen LogP contribution in [0.3, 0.4) is 0 Å². The fraction of sp³-hybridized carbons (Fsp3) is 0.556. The van der Waals surface area contributed by atoms with Crippen LogP contribution in [0.4, 0.5) is 4.48 Å². The van der Waals surface area contributed by atoms with E-state index >= 15 is 0 Å². The van der Waals surface area contributed by atoms with Crippen LogP contribution in [0.5, 0.6) is 0 Å². The lowest BCUT2D eigenvalue weighted by Gasteiger charge is -2.19. The number of imide groups is 1. The summed E-state index contributed by atoms with van der Waals surface area (Å²) in [4.78, 5) is 23.6. The molecule has 1 aliphatic heterocycles. The molecule has 7 heteroatoms. The van der Waals surface area contributed by atoms with E-state index in [1.807, 2.05) is 0 Å². The van der Waals surface area contributed by atoms with Gasteiger partial charge in [0.15, 0.2) is 4.17 Å². The average Bonchev–Trinajstić information content (AvgIpc) is 2.44. The van der Waals surface area contributed by atoms with Crippen molar-refractivity contribution in [2.24, 2.45) is 5.92 Å². The topological polar surface area (TPSA) is 37.4 Å². The highest BCUT2D eigenvalue weighted by Gasteiger charge is 2.47. The maximum absolute atomic E-state index is 13.1. The van der Waals surface area contributed by atoms with E-state index < -0.39 is 21.9 Å². The van der Waals surface area contributed by atoms with Gasteiger partial charge < -0.3 is 0 Å². The molecular weight excluding hydrogens is 276 g/mol. The van der Waals surface area contributed by atoms with E-state index in [0.29, 0.717) is 17.7 Å². The number of carbonyl (C=O) groups is 2. The third-order valence-corrected chi connectivity index (χ3v) is 4.10. The van der Waals surface area contributed by atoms with Crippen molar-refractivity contribution in [1.29, 1.82) is 0 Å². The molecule has 2 aliphatic rings. The van der Waals surface area contributed by atoms with E-state index in [1.165, 1.54) is 0 Å². The first-order valence-corrected chi connectivity index (χ1v) is 6.49. The van der Waals surface area contributed by atoms with Crippen molar-refractivity contribution in [2.45, 2.75) is 23.4 Å². The van der Waals surface area contributed by atoms with Crippen LogP contribution < -0.4 is 0 Å². The fourth-order valence-corrected chi connectivity index (χ4v) is 3.51. The highest BCUT2D eigenvalue weighted by molar-refractivity contribution is 8.05. The van der Waals surface area contributed by atoms with Crippen LogP contribution in [-0.4, -0.2) is 21.1 Å². The molecule has 16 heavy (non-hydrogen) atoms. The molecule has 0 aromatic carbocycles. The molecule has 1 saturated heterocycles. The quantitative estimate of drug-likeness (QED) is 0.444. The van der Waals surface area contributed by atoms with Crippen LogP contribution in [0.2, 0.25) is 0 Å². The predicted molar refractivity (Wildman–Crippen MR) is 60.4 cm³/mol. The highest BCUT2D eigenvalue weighted by atomic mass is 35.5. The van der Waals surface area contributed by atoms with E-state index in [1.54, 1.807) is 0 Å². The molecule has 1 fully saturated rings. The van der Waals surface area contributed by atoms with Crippen molar-refractivity contribution in [3.63, 3.8) is 0 Å². The molecule has 0 aromatic heterocycles. The third kappa shape index (κ3) is 1.96. The standard InChI is InChI=1S/C9H8Cl2FNO2S/c10-9(11)16-5-3-1-2-4-6(5)8(15)13(12)7(4)14/h4,9H,1-3H2. The van der Waals surface area contributed by atoms with Gasteiger partial charge in [-0.15, -0.1) is 5.12 Å². The summed E-state index contributed by atoms with van der Waals surface area (Å²) in [5.74, 6) is -2.26. The molecule has 1 heterocycles. The molecule has 2 amide bonds. The van der Waals surface area contributed by atoms with Gasteiger partial charge in [-0.25, -0.2) is 0 Å². The van der Waals surface area contributed by atoms with Crippen molar-refractivity contribution < 1.29 is 14.1 Å². The first-order chi connectivity index (χ1) is 7.52. The van der Waals surface area contributed by atoms with E-state index in [0.717, 1.165) is 18.2 Å². The second-order valence-electron chi connectivity index (χ2n) is 3.58. The number of hydrogen-bond donors (Lipinski definition) is 0. The maximum Gasteiger partial charge on any atom is 0.286 e. The summed E-state index contributed by atoms with van der Waals surface area (Å²) in [6.45, 7) is 0. The van der Waals surface area contributed by atoms with Crippen LogP contribution in [0.25, 0.3) is 0 Å². The van der Waals surface area contributed by atoms with Gasteiger partial charge in [0.1, 0.15) is 0 Å². The predicted octanol–water partition coefficient (Wildman–Crippen LogP) is 2.79. The van der Waals surface area contributed by atoms with E-state index in [9.17, 15) is 14.1 Å². The Kier molecular flexibility index (Phi) is 3.47. The lowest BCUT2D eigenvalue weighted by atomic mass is 9.89. The van der Waals surface area contributed by atoms with Gasteiger partial charge in [-0.05, 0) is 24.2 Å². The minimum atomic E-state index is -0.855. The number of alkyl halides is 2. The summed E-state index contributed by atoms with van der Waals surface area (Å²) in [6, 6.07) is 0. The molecule has 0 saturated carbocycles. The Bertz CT molecular complexity index is 386. The lowest BCUT2D eigenvalue weighted by Crippen LogP contribution is -2.21. The van der Waals surface area contributed by atoms with E-state index in [-0.39, 0.29) is 10.7 Å². The zero-order valence-electron chi connectivity index (χ0n) is 8.08.